The number of para-hydroxylation sites is 1. The van der Waals surface area contributed by atoms with Crippen LogP contribution in [0.25, 0.3) is 0 Å². The first-order valence-electron chi connectivity index (χ1n) is 8.75. The number of nitrogens with two attached hydrogens (primary N) is 1. The summed E-state index contributed by atoms with van der Waals surface area (Å²) in [4.78, 5) is 4.52. The molecule has 0 bridgehead atoms. The zero-order valence-electron chi connectivity index (χ0n) is 15.2. The van der Waals surface area contributed by atoms with Crippen molar-refractivity contribution < 1.29 is 9.47 Å². The van der Waals surface area contributed by atoms with Crippen molar-refractivity contribution in [3.63, 3.8) is 0 Å². The Kier molecular flexibility index (Phi) is 5.87. The van der Waals surface area contributed by atoms with Crippen molar-refractivity contribution in [3.05, 3.63) is 83.0 Å². The number of hydrogen-bond donors (Lipinski definition) is 1. The highest BCUT2D eigenvalue weighted by molar-refractivity contribution is 5.60. The molecule has 0 aliphatic rings. The molecule has 0 spiro atoms. The molecule has 1 heterocycles. The predicted octanol–water partition coefficient (Wildman–Crippen LogP) is 4.83. The van der Waals surface area contributed by atoms with E-state index in [1.807, 2.05) is 62.4 Å². The average Bonchev–Trinajstić information content (AvgIpc) is 2.67. The molecule has 0 unspecified atom stereocenters. The lowest BCUT2D eigenvalue weighted by Gasteiger charge is -2.16. The van der Waals surface area contributed by atoms with Gasteiger partial charge >= 0.3 is 0 Å². The first-order valence-corrected chi connectivity index (χ1v) is 8.75. The van der Waals surface area contributed by atoms with E-state index in [1.54, 1.807) is 0 Å². The van der Waals surface area contributed by atoms with Crippen molar-refractivity contribution in [2.75, 3.05) is 12.3 Å². The summed E-state index contributed by atoms with van der Waals surface area (Å²) in [7, 11) is 0. The average molecular weight is 348 g/mol. The topological polar surface area (TPSA) is 57.4 Å². The van der Waals surface area contributed by atoms with Crippen molar-refractivity contribution in [3.8, 4) is 11.6 Å². The van der Waals surface area contributed by atoms with Crippen LogP contribution in [0.15, 0.2) is 60.7 Å². The third-order valence-corrected chi connectivity index (χ3v) is 4.39. The zero-order chi connectivity index (χ0) is 18.4. The summed E-state index contributed by atoms with van der Waals surface area (Å²) >= 11 is 0. The number of benzene rings is 2. The molecule has 134 valence electrons. The highest BCUT2D eigenvalue weighted by Gasteiger charge is 2.15. The Bertz CT molecular complexity index is 849. The molecule has 0 saturated carbocycles. The maximum atomic E-state index is 6.35. The summed E-state index contributed by atoms with van der Waals surface area (Å²) in [5, 5.41) is 0. The molecule has 4 nitrogen and oxygen atoms in total. The van der Waals surface area contributed by atoms with E-state index in [9.17, 15) is 0 Å². The third-order valence-electron chi connectivity index (χ3n) is 4.39. The molecule has 0 aliphatic carbocycles. The number of ether oxygens (including phenoxy) is 2. The second-order valence-electron chi connectivity index (χ2n) is 6.22. The van der Waals surface area contributed by atoms with Crippen LogP contribution in [0.4, 0.5) is 5.69 Å². The standard InChI is InChI=1S/C22H24N2O2/c1-16-17(2)24-22(26-19-11-7-4-8-12-19)21(23)20(16)13-14-25-15-18-9-5-3-6-10-18/h3-12H,13-15,23H2,1-2H3. The molecule has 3 rings (SSSR count). The lowest BCUT2D eigenvalue weighted by molar-refractivity contribution is 0.124. The van der Waals surface area contributed by atoms with Gasteiger partial charge in [-0.2, -0.15) is 0 Å². The number of aromatic nitrogens is 1. The van der Waals surface area contributed by atoms with E-state index in [0.717, 1.165) is 34.6 Å². The van der Waals surface area contributed by atoms with E-state index in [1.165, 1.54) is 0 Å². The molecule has 2 aromatic carbocycles. The molecule has 1 aromatic heterocycles. The first kappa shape index (κ1) is 18.0. The number of anilines is 1. The van der Waals surface area contributed by atoms with E-state index in [-0.39, 0.29) is 0 Å². The van der Waals surface area contributed by atoms with E-state index >= 15 is 0 Å². The van der Waals surface area contributed by atoms with Gasteiger partial charge in [0.05, 0.1) is 18.9 Å². The second-order valence-corrected chi connectivity index (χ2v) is 6.22. The fraction of sp³-hybridized carbons (Fsp3) is 0.227. The van der Waals surface area contributed by atoms with Gasteiger partial charge in [0.2, 0.25) is 5.88 Å². The quantitative estimate of drug-likeness (QED) is 0.621. The molecule has 0 aliphatic heterocycles. The lowest BCUT2D eigenvalue weighted by Crippen LogP contribution is -2.08. The first-order chi connectivity index (χ1) is 12.6. The Hall–Kier alpha value is -2.85. The Labute approximate surface area is 154 Å². The zero-order valence-corrected chi connectivity index (χ0v) is 15.2. The van der Waals surface area contributed by atoms with E-state index < -0.39 is 0 Å². The van der Waals surface area contributed by atoms with Gasteiger partial charge in [0.15, 0.2) is 0 Å². The number of nitrogen functional groups attached to an aromatic ring is 1. The summed E-state index contributed by atoms with van der Waals surface area (Å²) in [5.74, 6) is 1.18. The van der Waals surface area contributed by atoms with Crippen molar-refractivity contribution in [1.29, 1.82) is 0 Å². The van der Waals surface area contributed by atoms with Crippen LogP contribution < -0.4 is 10.5 Å². The van der Waals surface area contributed by atoms with Gasteiger partial charge in [0.1, 0.15) is 5.75 Å². The van der Waals surface area contributed by atoms with Crippen LogP contribution >= 0.6 is 0 Å². The SMILES string of the molecule is Cc1nc(Oc2ccccc2)c(N)c(CCOCc2ccccc2)c1C. The maximum absolute atomic E-state index is 6.35. The van der Waals surface area contributed by atoms with Crippen molar-refractivity contribution in [1.82, 2.24) is 4.98 Å². The smallest absolute Gasteiger partial charge is 0.243 e. The van der Waals surface area contributed by atoms with E-state index in [4.69, 9.17) is 15.2 Å². The van der Waals surface area contributed by atoms with Crippen molar-refractivity contribution >= 4 is 5.69 Å². The molecule has 4 heteroatoms. The van der Waals surface area contributed by atoms with Gasteiger partial charge in [-0.1, -0.05) is 48.5 Å². The molecular formula is C22H24N2O2. The minimum absolute atomic E-state index is 0.456. The van der Waals surface area contributed by atoms with Crippen LogP contribution in [-0.4, -0.2) is 11.6 Å². The normalized spacial score (nSPS) is 10.7. The van der Waals surface area contributed by atoms with Gasteiger partial charge in [0.25, 0.3) is 0 Å². The van der Waals surface area contributed by atoms with Gasteiger partial charge < -0.3 is 15.2 Å². The summed E-state index contributed by atoms with van der Waals surface area (Å²) in [5.41, 5.74) is 11.1. The summed E-state index contributed by atoms with van der Waals surface area (Å²) < 4.78 is 11.7. The molecule has 26 heavy (non-hydrogen) atoms. The number of aryl methyl sites for hydroxylation is 1. The highest BCUT2D eigenvalue weighted by Crippen LogP contribution is 2.31. The van der Waals surface area contributed by atoms with Gasteiger partial charge in [-0.15, -0.1) is 0 Å². The maximum Gasteiger partial charge on any atom is 0.243 e. The van der Waals surface area contributed by atoms with Crippen LogP contribution in [-0.2, 0) is 17.8 Å². The Morgan fingerprint density at radius 1 is 0.923 bits per heavy atom. The van der Waals surface area contributed by atoms with Crippen molar-refractivity contribution in [2.45, 2.75) is 26.9 Å². The van der Waals surface area contributed by atoms with Gasteiger partial charge in [-0.3, -0.25) is 0 Å². The highest BCUT2D eigenvalue weighted by atomic mass is 16.5. The number of hydrogen-bond acceptors (Lipinski definition) is 4. The molecule has 0 amide bonds. The van der Waals surface area contributed by atoms with Crippen LogP contribution in [0, 0.1) is 13.8 Å². The Morgan fingerprint density at radius 2 is 1.58 bits per heavy atom. The number of nitrogens with zero attached hydrogens (tertiary/aromatic N) is 1. The second kappa shape index (κ2) is 8.50. The molecule has 0 radical (unpaired) electrons. The van der Waals surface area contributed by atoms with E-state index in [0.29, 0.717) is 24.8 Å². The Morgan fingerprint density at radius 3 is 2.27 bits per heavy atom. The number of rotatable bonds is 7. The summed E-state index contributed by atoms with van der Waals surface area (Å²) in [6.07, 6.45) is 0.721. The molecule has 3 aromatic rings. The molecule has 2 N–H and O–H groups in total. The van der Waals surface area contributed by atoms with Crippen LogP contribution in [0.3, 0.4) is 0 Å². The van der Waals surface area contributed by atoms with E-state index in [2.05, 4.69) is 17.1 Å². The largest absolute Gasteiger partial charge is 0.437 e. The Balaban J connectivity index is 1.69. The van der Waals surface area contributed by atoms with Gasteiger partial charge in [-0.05, 0) is 49.1 Å². The summed E-state index contributed by atoms with van der Waals surface area (Å²) in [6.45, 7) is 5.20. The minimum atomic E-state index is 0.456. The molecule has 0 atom stereocenters. The number of pyridine rings is 1. The van der Waals surface area contributed by atoms with Gasteiger partial charge in [0, 0.05) is 5.69 Å². The van der Waals surface area contributed by atoms with Crippen LogP contribution in [0.1, 0.15) is 22.4 Å². The fourth-order valence-corrected chi connectivity index (χ4v) is 2.78. The third kappa shape index (κ3) is 4.41. The predicted molar refractivity (Wildman–Crippen MR) is 104 cm³/mol. The van der Waals surface area contributed by atoms with Gasteiger partial charge in [-0.25, -0.2) is 4.98 Å². The van der Waals surface area contributed by atoms with Crippen LogP contribution in [0.5, 0.6) is 11.6 Å². The molecular weight excluding hydrogens is 324 g/mol. The lowest BCUT2D eigenvalue weighted by atomic mass is 10.0. The minimum Gasteiger partial charge on any atom is -0.437 e. The molecule has 0 fully saturated rings. The van der Waals surface area contributed by atoms with Crippen molar-refractivity contribution in [2.24, 2.45) is 0 Å². The monoisotopic (exact) mass is 348 g/mol. The fourth-order valence-electron chi connectivity index (χ4n) is 2.78. The van der Waals surface area contributed by atoms with Crippen LogP contribution in [0.2, 0.25) is 0 Å². The summed E-state index contributed by atoms with van der Waals surface area (Å²) in [6, 6.07) is 19.7. The molecule has 0 saturated heterocycles.